The highest BCUT2D eigenvalue weighted by molar-refractivity contribution is 9.15. The van der Waals surface area contributed by atoms with Crippen LogP contribution in [-0.4, -0.2) is 26.4 Å². The number of hydrogen-bond donors (Lipinski definition) is 1. The first-order valence-corrected chi connectivity index (χ1v) is 7.85. The maximum atomic E-state index is 11.8. The Morgan fingerprint density at radius 1 is 1.63 bits per heavy atom. The molecule has 1 aromatic rings. The Morgan fingerprint density at radius 3 is 2.84 bits per heavy atom. The highest BCUT2D eigenvalue weighted by Crippen LogP contribution is 2.32. The van der Waals surface area contributed by atoms with E-state index in [9.17, 15) is 9.59 Å². The van der Waals surface area contributed by atoms with Gasteiger partial charge in [-0.2, -0.15) is 0 Å². The van der Waals surface area contributed by atoms with Gasteiger partial charge in [-0.15, -0.1) is 11.6 Å². The maximum absolute atomic E-state index is 11.8. The summed E-state index contributed by atoms with van der Waals surface area (Å²) in [4.78, 5) is 25.7. The highest BCUT2D eigenvalue weighted by atomic mass is 79.9. The Balaban J connectivity index is 2.41. The molecule has 1 fully saturated rings. The fourth-order valence-electron chi connectivity index (χ4n) is 1.89. The number of alkyl halides is 2. The molecular weight excluding hydrogens is 403 g/mol. The first-order valence-electron chi connectivity index (χ1n) is 5.49. The van der Waals surface area contributed by atoms with Crippen molar-refractivity contribution in [2.24, 2.45) is 0 Å². The fraction of sp³-hybridized carbons (Fsp3) is 0.455. The molecule has 0 aliphatic carbocycles. The van der Waals surface area contributed by atoms with Crippen LogP contribution < -0.4 is 11.2 Å². The fourth-order valence-corrected chi connectivity index (χ4v) is 3.29. The van der Waals surface area contributed by atoms with Gasteiger partial charge in [0, 0.05) is 22.4 Å². The van der Waals surface area contributed by atoms with E-state index in [0.29, 0.717) is 16.2 Å². The summed E-state index contributed by atoms with van der Waals surface area (Å²) >= 11 is 12.6. The molecule has 2 heterocycles. The van der Waals surface area contributed by atoms with Crippen molar-refractivity contribution >= 4 is 47.9 Å². The van der Waals surface area contributed by atoms with Crippen LogP contribution in [0.15, 0.2) is 22.4 Å². The second kappa shape index (κ2) is 5.95. The largest absolute Gasteiger partial charge is 0.352 e. The highest BCUT2D eigenvalue weighted by Gasteiger charge is 2.34. The molecule has 1 aliphatic heterocycles. The average Bonchev–Trinajstić information content (AvgIpc) is 2.69. The molecule has 1 aromatic heterocycles. The third-order valence-corrected chi connectivity index (χ3v) is 4.41. The summed E-state index contributed by atoms with van der Waals surface area (Å²) in [5.74, 6) is 0. The van der Waals surface area contributed by atoms with E-state index in [0.717, 1.165) is 0 Å². The second-order valence-corrected chi connectivity index (χ2v) is 6.31. The molecule has 0 saturated carbocycles. The van der Waals surface area contributed by atoms with Gasteiger partial charge in [-0.1, -0.05) is 38.4 Å². The molecule has 0 aromatic carbocycles. The number of halogens is 3. The predicted molar refractivity (Wildman–Crippen MR) is 81.2 cm³/mol. The number of nitrogens with zero attached hydrogens (tertiary/aromatic N) is 1. The van der Waals surface area contributed by atoms with Crippen molar-refractivity contribution in [3.63, 3.8) is 0 Å². The van der Waals surface area contributed by atoms with E-state index in [4.69, 9.17) is 16.3 Å². The Hall–Kier alpha value is -0.370. The van der Waals surface area contributed by atoms with Crippen molar-refractivity contribution in [1.82, 2.24) is 9.55 Å². The molecular formula is C11H11Br2ClN2O3. The van der Waals surface area contributed by atoms with Crippen molar-refractivity contribution in [2.45, 2.75) is 24.1 Å². The number of rotatable bonds is 3. The van der Waals surface area contributed by atoms with Gasteiger partial charge >= 0.3 is 5.69 Å². The summed E-state index contributed by atoms with van der Waals surface area (Å²) in [5.41, 5.74) is -0.719. The standard InChI is InChI=1S/C11H11Br2ClN2O3/c1-5(13)6-4-16(11(18)15-10(6)17)9-2-7(14)8(3-12)19-9/h4,7-9H,1-3H2,(H,15,17,18)/t7?,8-,9-/m1/s1. The monoisotopic (exact) mass is 412 g/mol. The van der Waals surface area contributed by atoms with E-state index in [1.54, 1.807) is 0 Å². The maximum Gasteiger partial charge on any atom is 0.330 e. The Bertz CT molecular complexity index is 613. The van der Waals surface area contributed by atoms with E-state index >= 15 is 0 Å². The van der Waals surface area contributed by atoms with E-state index in [1.807, 2.05) is 0 Å². The van der Waals surface area contributed by atoms with Crippen LogP contribution >= 0.6 is 43.5 Å². The average molecular weight is 414 g/mol. The lowest BCUT2D eigenvalue weighted by atomic mass is 10.2. The van der Waals surface area contributed by atoms with Gasteiger partial charge in [-0.25, -0.2) is 4.79 Å². The second-order valence-electron chi connectivity index (χ2n) is 4.15. The van der Waals surface area contributed by atoms with Gasteiger partial charge < -0.3 is 4.74 Å². The minimum atomic E-state index is -0.522. The molecule has 0 bridgehead atoms. The van der Waals surface area contributed by atoms with Crippen LogP contribution in [0.5, 0.6) is 0 Å². The third kappa shape index (κ3) is 3.04. The van der Waals surface area contributed by atoms with E-state index in [1.165, 1.54) is 10.8 Å². The number of aromatic nitrogens is 2. The number of nitrogens with one attached hydrogen (secondary N) is 1. The SMILES string of the molecule is C=C(Br)c1cn([C@H]2CC(Cl)[C@@H](CBr)O2)c(=O)[nH]c1=O. The van der Waals surface area contributed by atoms with Crippen molar-refractivity contribution < 1.29 is 4.74 Å². The molecule has 1 unspecified atom stereocenters. The van der Waals surface area contributed by atoms with Gasteiger partial charge in [-0.05, 0) is 0 Å². The Kier molecular flexibility index (Phi) is 4.70. The van der Waals surface area contributed by atoms with Crippen LogP contribution in [0.1, 0.15) is 18.2 Å². The molecule has 1 aliphatic rings. The third-order valence-electron chi connectivity index (χ3n) is 2.88. The number of ether oxygens (including phenoxy) is 1. The summed E-state index contributed by atoms with van der Waals surface area (Å²) in [6, 6.07) is 0. The van der Waals surface area contributed by atoms with Crippen LogP contribution in [0, 0.1) is 0 Å². The zero-order valence-corrected chi connectivity index (χ0v) is 13.7. The van der Waals surface area contributed by atoms with Crippen molar-refractivity contribution in [1.29, 1.82) is 0 Å². The zero-order valence-electron chi connectivity index (χ0n) is 9.74. The van der Waals surface area contributed by atoms with Gasteiger partial charge in [0.25, 0.3) is 5.56 Å². The molecule has 5 nitrogen and oxygen atoms in total. The Labute approximate surface area is 130 Å². The Morgan fingerprint density at radius 2 is 2.32 bits per heavy atom. The molecule has 19 heavy (non-hydrogen) atoms. The van der Waals surface area contributed by atoms with Crippen molar-refractivity contribution in [3.8, 4) is 0 Å². The van der Waals surface area contributed by atoms with E-state index in [2.05, 4.69) is 43.4 Å². The van der Waals surface area contributed by atoms with Crippen LogP contribution in [0.3, 0.4) is 0 Å². The minimum Gasteiger partial charge on any atom is -0.352 e. The van der Waals surface area contributed by atoms with E-state index in [-0.39, 0.29) is 17.0 Å². The topological polar surface area (TPSA) is 64.1 Å². The van der Waals surface area contributed by atoms with E-state index < -0.39 is 17.5 Å². The number of H-pyrrole nitrogens is 1. The van der Waals surface area contributed by atoms with Crippen LogP contribution in [0.4, 0.5) is 0 Å². The van der Waals surface area contributed by atoms with Gasteiger partial charge in [0.1, 0.15) is 6.23 Å². The molecule has 0 amide bonds. The van der Waals surface area contributed by atoms with Crippen molar-refractivity contribution in [3.05, 3.63) is 39.2 Å². The first-order chi connectivity index (χ1) is 8.93. The summed E-state index contributed by atoms with van der Waals surface area (Å²) < 4.78 is 7.42. The van der Waals surface area contributed by atoms with Crippen LogP contribution in [0.25, 0.3) is 4.48 Å². The molecule has 104 valence electrons. The molecule has 3 atom stereocenters. The zero-order chi connectivity index (χ0) is 14.2. The minimum absolute atomic E-state index is 0.166. The van der Waals surface area contributed by atoms with Gasteiger partial charge in [0.15, 0.2) is 0 Å². The number of aromatic amines is 1. The smallest absolute Gasteiger partial charge is 0.330 e. The van der Waals surface area contributed by atoms with Crippen LogP contribution in [-0.2, 0) is 4.74 Å². The van der Waals surface area contributed by atoms with Crippen molar-refractivity contribution in [2.75, 3.05) is 5.33 Å². The lowest BCUT2D eigenvalue weighted by molar-refractivity contribution is 0.0109. The quantitative estimate of drug-likeness (QED) is 0.772. The van der Waals surface area contributed by atoms with Gasteiger partial charge in [0.2, 0.25) is 0 Å². The normalized spacial score (nSPS) is 26.6. The van der Waals surface area contributed by atoms with Crippen LogP contribution in [0.2, 0.25) is 0 Å². The summed E-state index contributed by atoms with van der Waals surface area (Å²) in [7, 11) is 0. The summed E-state index contributed by atoms with van der Waals surface area (Å²) in [6.07, 6.45) is 1.28. The molecule has 2 rings (SSSR count). The summed E-state index contributed by atoms with van der Waals surface area (Å²) in [5, 5.41) is 0.409. The number of hydrogen-bond acceptors (Lipinski definition) is 3. The van der Waals surface area contributed by atoms with Gasteiger partial charge in [0.05, 0.1) is 17.0 Å². The summed E-state index contributed by atoms with van der Waals surface area (Å²) in [6.45, 7) is 3.64. The molecule has 1 saturated heterocycles. The lowest BCUT2D eigenvalue weighted by Gasteiger charge is -2.15. The first kappa shape index (κ1) is 15.0. The predicted octanol–water partition coefficient (Wildman–Crippen LogP) is 2.19. The molecule has 1 N–H and O–H groups in total. The molecule has 0 spiro atoms. The molecule has 8 heteroatoms. The van der Waals surface area contributed by atoms with Gasteiger partial charge in [-0.3, -0.25) is 14.3 Å². The molecule has 0 radical (unpaired) electrons. The lowest BCUT2D eigenvalue weighted by Crippen LogP contribution is -2.33.